The summed E-state index contributed by atoms with van der Waals surface area (Å²) in [6, 6.07) is 9.64. The molecule has 0 aliphatic carbocycles. The largest absolute Gasteiger partial charge is 0.478 e. The molecular formula is C18H19F2NO3. The monoisotopic (exact) mass is 335 g/mol. The SMILES string of the molecule is CC(C)(Oc1ccc(F)cc1)C(=O)NCc1ccc(F)c(CO)c1. The summed E-state index contributed by atoms with van der Waals surface area (Å²) in [5.41, 5.74) is -0.340. The van der Waals surface area contributed by atoms with Crippen LogP contribution in [0.2, 0.25) is 0 Å². The van der Waals surface area contributed by atoms with Gasteiger partial charge in [-0.2, -0.15) is 0 Å². The van der Waals surface area contributed by atoms with Crippen molar-refractivity contribution >= 4 is 5.91 Å². The average molecular weight is 335 g/mol. The van der Waals surface area contributed by atoms with Crippen LogP contribution in [0.1, 0.15) is 25.0 Å². The number of carbonyl (C=O) groups is 1. The normalized spacial score (nSPS) is 11.2. The smallest absolute Gasteiger partial charge is 0.263 e. The minimum atomic E-state index is -1.17. The van der Waals surface area contributed by atoms with Crippen molar-refractivity contribution in [2.24, 2.45) is 0 Å². The van der Waals surface area contributed by atoms with E-state index in [-0.39, 0.29) is 23.8 Å². The Morgan fingerprint density at radius 1 is 1.17 bits per heavy atom. The van der Waals surface area contributed by atoms with Crippen LogP contribution in [0.4, 0.5) is 8.78 Å². The van der Waals surface area contributed by atoms with Crippen LogP contribution in [0.25, 0.3) is 0 Å². The van der Waals surface area contributed by atoms with Crippen molar-refractivity contribution in [3.05, 3.63) is 65.2 Å². The molecule has 2 aromatic rings. The van der Waals surface area contributed by atoms with Gasteiger partial charge in [-0.25, -0.2) is 8.78 Å². The first kappa shape index (κ1) is 17.9. The fourth-order valence-electron chi connectivity index (χ4n) is 2.10. The molecule has 2 rings (SSSR count). The molecule has 0 bridgehead atoms. The number of ether oxygens (including phenoxy) is 1. The van der Waals surface area contributed by atoms with E-state index in [9.17, 15) is 13.6 Å². The highest BCUT2D eigenvalue weighted by molar-refractivity contribution is 5.84. The maximum absolute atomic E-state index is 13.3. The third-order valence-electron chi connectivity index (χ3n) is 3.47. The molecule has 2 N–H and O–H groups in total. The molecule has 128 valence electrons. The second-order valence-electron chi connectivity index (χ2n) is 5.83. The molecule has 0 aliphatic rings. The molecule has 1 amide bonds. The first-order valence-corrected chi connectivity index (χ1v) is 7.43. The molecule has 0 saturated heterocycles. The lowest BCUT2D eigenvalue weighted by Gasteiger charge is -2.25. The van der Waals surface area contributed by atoms with Crippen LogP contribution in [-0.2, 0) is 17.9 Å². The van der Waals surface area contributed by atoms with Gasteiger partial charge in [0.2, 0.25) is 0 Å². The molecule has 0 spiro atoms. The zero-order valence-corrected chi connectivity index (χ0v) is 13.5. The molecule has 0 radical (unpaired) electrons. The minimum absolute atomic E-state index is 0.169. The van der Waals surface area contributed by atoms with Crippen molar-refractivity contribution in [2.75, 3.05) is 0 Å². The molecule has 0 unspecified atom stereocenters. The van der Waals surface area contributed by atoms with Gasteiger partial charge in [0.05, 0.1) is 6.61 Å². The summed E-state index contributed by atoms with van der Waals surface area (Å²) in [7, 11) is 0. The number of nitrogens with one attached hydrogen (secondary N) is 1. The van der Waals surface area contributed by atoms with Crippen molar-refractivity contribution in [3.63, 3.8) is 0 Å². The number of aliphatic hydroxyl groups excluding tert-OH is 1. The maximum Gasteiger partial charge on any atom is 0.263 e. The Morgan fingerprint density at radius 3 is 2.46 bits per heavy atom. The summed E-state index contributed by atoms with van der Waals surface area (Å²) in [6.07, 6.45) is 0. The number of hydrogen-bond acceptors (Lipinski definition) is 3. The van der Waals surface area contributed by atoms with E-state index in [4.69, 9.17) is 9.84 Å². The summed E-state index contributed by atoms with van der Waals surface area (Å²) < 4.78 is 31.8. The first-order chi connectivity index (χ1) is 11.3. The van der Waals surface area contributed by atoms with E-state index in [0.29, 0.717) is 11.3 Å². The van der Waals surface area contributed by atoms with Crippen LogP contribution >= 0.6 is 0 Å². The van der Waals surface area contributed by atoms with Gasteiger partial charge < -0.3 is 15.2 Å². The zero-order valence-electron chi connectivity index (χ0n) is 13.5. The van der Waals surface area contributed by atoms with Gasteiger partial charge in [-0.05, 0) is 55.8 Å². The van der Waals surface area contributed by atoms with Crippen LogP contribution in [-0.4, -0.2) is 16.6 Å². The molecule has 0 heterocycles. The highest BCUT2D eigenvalue weighted by atomic mass is 19.1. The van der Waals surface area contributed by atoms with Crippen LogP contribution in [0.3, 0.4) is 0 Å². The Balaban J connectivity index is 1.98. The highest BCUT2D eigenvalue weighted by Gasteiger charge is 2.29. The van der Waals surface area contributed by atoms with Gasteiger partial charge in [0.25, 0.3) is 5.91 Å². The van der Waals surface area contributed by atoms with Gasteiger partial charge in [0.15, 0.2) is 5.60 Å². The summed E-state index contributed by atoms with van der Waals surface area (Å²) in [5, 5.41) is 11.8. The summed E-state index contributed by atoms with van der Waals surface area (Å²) in [5.74, 6) is -0.879. The lowest BCUT2D eigenvalue weighted by molar-refractivity contribution is -0.134. The van der Waals surface area contributed by atoms with E-state index >= 15 is 0 Å². The van der Waals surface area contributed by atoms with Crippen LogP contribution < -0.4 is 10.1 Å². The van der Waals surface area contributed by atoms with Crippen molar-refractivity contribution in [2.45, 2.75) is 32.6 Å². The third kappa shape index (κ3) is 4.52. The van der Waals surface area contributed by atoms with Crippen LogP contribution in [0, 0.1) is 11.6 Å². The number of benzene rings is 2. The topological polar surface area (TPSA) is 58.6 Å². The average Bonchev–Trinajstić information content (AvgIpc) is 2.55. The predicted octanol–water partition coefficient (Wildman–Crippen LogP) is 2.93. The summed E-state index contributed by atoms with van der Waals surface area (Å²) in [4.78, 5) is 12.3. The lowest BCUT2D eigenvalue weighted by atomic mass is 10.1. The van der Waals surface area contributed by atoms with Crippen molar-refractivity contribution in [1.29, 1.82) is 0 Å². The summed E-state index contributed by atoms with van der Waals surface area (Å²) in [6.45, 7) is 2.94. The molecule has 2 aromatic carbocycles. The first-order valence-electron chi connectivity index (χ1n) is 7.43. The maximum atomic E-state index is 13.3. The van der Waals surface area contributed by atoms with E-state index in [1.807, 2.05) is 0 Å². The van der Waals surface area contributed by atoms with Gasteiger partial charge in [-0.15, -0.1) is 0 Å². The second-order valence-corrected chi connectivity index (χ2v) is 5.83. The van der Waals surface area contributed by atoms with E-state index < -0.39 is 18.0 Å². The number of halogens is 2. The molecule has 4 nitrogen and oxygen atoms in total. The standard InChI is InChI=1S/C18H19F2NO3/c1-18(2,24-15-6-4-14(19)5-7-15)17(23)21-10-12-3-8-16(20)13(9-12)11-22/h3-9,22H,10-11H2,1-2H3,(H,21,23). The number of carbonyl (C=O) groups excluding carboxylic acids is 1. The number of rotatable bonds is 6. The molecule has 0 fully saturated rings. The fraction of sp³-hybridized carbons (Fsp3) is 0.278. The molecule has 0 saturated carbocycles. The van der Waals surface area contributed by atoms with Crippen LogP contribution in [0.5, 0.6) is 5.75 Å². The quantitative estimate of drug-likeness (QED) is 0.853. The van der Waals surface area contributed by atoms with E-state index in [0.717, 1.165) is 0 Å². The number of hydrogen-bond donors (Lipinski definition) is 2. The van der Waals surface area contributed by atoms with Crippen molar-refractivity contribution < 1.29 is 23.4 Å². The van der Waals surface area contributed by atoms with Gasteiger partial charge in [-0.3, -0.25) is 4.79 Å². The van der Waals surface area contributed by atoms with E-state index in [1.54, 1.807) is 13.8 Å². The van der Waals surface area contributed by atoms with Gasteiger partial charge in [-0.1, -0.05) is 6.07 Å². The Hall–Kier alpha value is -2.47. The predicted molar refractivity (Wildman–Crippen MR) is 85.3 cm³/mol. The van der Waals surface area contributed by atoms with Gasteiger partial charge >= 0.3 is 0 Å². The van der Waals surface area contributed by atoms with Crippen LogP contribution in [0.15, 0.2) is 42.5 Å². The van der Waals surface area contributed by atoms with Gasteiger partial charge in [0.1, 0.15) is 17.4 Å². The molecule has 24 heavy (non-hydrogen) atoms. The zero-order chi connectivity index (χ0) is 17.7. The Kier molecular flexibility index (Phi) is 5.51. The Bertz CT molecular complexity index is 715. The van der Waals surface area contributed by atoms with Crippen molar-refractivity contribution in [3.8, 4) is 5.75 Å². The minimum Gasteiger partial charge on any atom is -0.478 e. The van der Waals surface area contributed by atoms with Gasteiger partial charge in [0, 0.05) is 12.1 Å². The summed E-state index contributed by atoms with van der Waals surface area (Å²) >= 11 is 0. The number of aliphatic hydroxyl groups is 1. The van der Waals surface area contributed by atoms with E-state index in [1.165, 1.54) is 42.5 Å². The van der Waals surface area contributed by atoms with E-state index in [2.05, 4.69) is 5.32 Å². The Labute approximate surface area is 139 Å². The Morgan fingerprint density at radius 2 is 1.83 bits per heavy atom. The third-order valence-corrected chi connectivity index (χ3v) is 3.47. The lowest BCUT2D eigenvalue weighted by Crippen LogP contribution is -2.46. The molecule has 0 atom stereocenters. The highest BCUT2D eigenvalue weighted by Crippen LogP contribution is 2.19. The molecule has 0 aliphatic heterocycles. The number of amides is 1. The molecule has 6 heteroatoms. The fourth-order valence-corrected chi connectivity index (χ4v) is 2.10. The van der Waals surface area contributed by atoms with Crippen molar-refractivity contribution in [1.82, 2.24) is 5.32 Å². The molecule has 0 aromatic heterocycles. The second kappa shape index (κ2) is 7.40. The molecular weight excluding hydrogens is 316 g/mol.